The molecule has 0 saturated heterocycles. The third kappa shape index (κ3) is 3.06. The van der Waals surface area contributed by atoms with Crippen molar-refractivity contribution in [3.63, 3.8) is 0 Å². The van der Waals surface area contributed by atoms with Crippen molar-refractivity contribution in [1.29, 1.82) is 0 Å². The number of rotatable bonds is 4. The summed E-state index contributed by atoms with van der Waals surface area (Å²) in [4.78, 5) is 4.98. The van der Waals surface area contributed by atoms with Gasteiger partial charge in [-0.1, -0.05) is 0 Å². The van der Waals surface area contributed by atoms with E-state index < -0.39 is 10.0 Å². The van der Waals surface area contributed by atoms with E-state index in [4.69, 9.17) is 5.73 Å². The Kier molecular flexibility index (Phi) is 3.78. The number of anilines is 1. The smallest absolute Gasteiger partial charge is 0.240 e. The van der Waals surface area contributed by atoms with E-state index in [1.165, 1.54) is 30.9 Å². The van der Waals surface area contributed by atoms with Gasteiger partial charge in [0.25, 0.3) is 0 Å². The summed E-state index contributed by atoms with van der Waals surface area (Å²) in [5.74, 6) is 0.704. The Morgan fingerprint density at radius 1 is 1.42 bits per heavy atom. The van der Waals surface area contributed by atoms with Crippen molar-refractivity contribution in [2.75, 3.05) is 12.8 Å². The Labute approximate surface area is 115 Å². The molecule has 19 heavy (non-hydrogen) atoms. The van der Waals surface area contributed by atoms with E-state index in [9.17, 15) is 8.42 Å². The van der Waals surface area contributed by atoms with Crippen molar-refractivity contribution < 1.29 is 8.42 Å². The van der Waals surface area contributed by atoms with Crippen LogP contribution in [-0.2, 0) is 10.0 Å². The second-order valence-corrected chi connectivity index (χ2v) is 6.61. The Bertz CT molecular complexity index is 696. The lowest BCUT2D eigenvalue weighted by molar-refractivity contribution is 0.588. The van der Waals surface area contributed by atoms with Crippen molar-refractivity contribution in [2.24, 2.45) is 0 Å². The van der Waals surface area contributed by atoms with Gasteiger partial charge in [-0.05, 0) is 43.9 Å². The normalized spacial score (nSPS) is 11.7. The summed E-state index contributed by atoms with van der Waals surface area (Å²) >= 11 is 1.27. The zero-order valence-electron chi connectivity index (χ0n) is 10.3. The monoisotopic (exact) mass is 299 g/mol. The van der Waals surface area contributed by atoms with Gasteiger partial charge in [-0.3, -0.25) is 5.10 Å². The molecule has 0 radical (unpaired) electrons. The van der Waals surface area contributed by atoms with Crippen LogP contribution < -0.4 is 10.5 Å². The van der Waals surface area contributed by atoms with E-state index in [0.717, 1.165) is 0 Å². The van der Waals surface area contributed by atoms with E-state index in [1.54, 1.807) is 13.0 Å². The van der Waals surface area contributed by atoms with Crippen LogP contribution >= 0.6 is 11.8 Å². The predicted octanol–water partition coefficient (Wildman–Crippen LogP) is 0.755. The molecule has 9 heteroatoms. The van der Waals surface area contributed by atoms with Gasteiger partial charge >= 0.3 is 0 Å². The van der Waals surface area contributed by atoms with E-state index in [-0.39, 0.29) is 4.90 Å². The molecule has 4 N–H and O–H groups in total. The molecule has 102 valence electrons. The minimum Gasteiger partial charge on any atom is -0.398 e. The Hall–Kier alpha value is -1.58. The maximum absolute atomic E-state index is 11.6. The summed E-state index contributed by atoms with van der Waals surface area (Å²) in [6.45, 7) is 1.79. The first-order valence-corrected chi connectivity index (χ1v) is 7.62. The lowest BCUT2D eigenvalue weighted by atomic mass is 10.3. The third-order valence-electron chi connectivity index (χ3n) is 2.34. The van der Waals surface area contributed by atoms with Gasteiger partial charge in [0.05, 0.1) is 4.90 Å². The van der Waals surface area contributed by atoms with Crippen molar-refractivity contribution in [1.82, 2.24) is 19.9 Å². The molecule has 0 aliphatic rings. The van der Waals surface area contributed by atoms with Crippen LogP contribution in [0.3, 0.4) is 0 Å². The molecule has 0 saturated carbocycles. The highest BCUT2D eigenvalue weighted by Gasteiger charge is 2.14. The average molecular weight is 299 g/mol. The molecular formula is C10H13N5O2S2. The summed E-state index contributed by atoms with van der Waals surface area (Å²) < 4.78 is 25.5. The Morgan fingerprint density at radius 2 is 2.16 bits per heavy atom. The van der Waals surface area contributed by atoms with Crippen molar-refractivity contribution in [2.45, 2.75) is 21.9 Å². The van der Waals surface area contributed by atoms with Crippen LogP contribution in [-0.4, -0.2) is 30.6 Å². The molecular weight excluding hydrogens is 286 g/mol. The number of aromatic nitrogens is 3. The minimum absolute atomic E-state index is 0.128. The maximum Gasteiger partial charge on any atom is 0.240 e. The molecule has 1 aromatic carbocycles. The van der Waals surface area contributed by atoms with Crippen LogP contribution in [0.15, 0.2) is 33.1 Å². The number of aryl methyl sites for hydroxylation is 1. The van der Waals surface area contributed by atoms with E-state index in [2.05, 4.69) is 19.9 Å². The van der Waals surface area contributed by atoms with Crippen molar-refractivity contribution in [3.8, 4) is 0 Å². The lowest BCUT2D eigenvalue weighted by Crippen LogP contribution is -2.18. The van der Waals surface area contributed by atoms with Crippen LogP contribution in [0.4, 0.5) is 5.69 Å². The average Bonchev–Trinajstić information content (AvgIpc) is 2.77. The largest absolute Gasteiger partial charge is 0.398 e. The topological polar surface area (TPSA) is 114 Å². The predicted molar refractivity (Wildman–Crippen MR) is 72.3 cm³/mol. The van der Waals surface area contributed by atoms with E-state index in [1.807, 2.05) is 0 Å². The Morgan fingerprint density at radius 3 is 2.68 bits per heavy atom. The fraction of sp³-hybridized carbons (Fsp3) is 0.200. The number of H-pyrrole nitrogens is 1. The number of nitrogens with one attached hydrogen (secondary N) is 2. The lowest BCUT2D eigenvalue weighted by Gasteiger charge is -2.06. The number of sulfonamides is 1. The van der Waals surface area contributed by atoms with Crippen LogP contribution in [0.25, 0.3) is 0 Å². The van der Waals surface area contributed by atoms with Crippen LogP contribution in [0.5, 0.6) is 0 Å². The standard InChI is InChI=1S/C10H13N5O2S2/c1-6-13-10(15-14-6)18-9-4-3-7(5-8(9)11)19(16,17)12-2/h3-5,12H,11H2,1-2H3,(H,13,14,15). The molecule has 0 unspecified atom stereocenters. The fourth-order valence-corrected chi connectivity index (χ4v) is 2.92. The number of aromatic amines is 1. The minimum atomic E-state index is -3.48. The van der Waals surface area contributed by atoms with Gasteiger partial charge in [0.15, 0.2) is 0 Å². The molecule has 0 aliphatic carbocycles. The summed E-state index contributed by atoms with van der Waals surface area (Å²) in [5, 5.41) is 7.24. The summed E-state index contributed by atoms with van der Waals surface area (Å²) in [6, 6.07) is 4.54. The molecule has 2 aromatic rings. The number of nitrogens with zero attached hydrogens (tertiary/aromatic N) is 2. The van der Waals surface area contributed by atoms with Crippen molar-refractivity contribution in [3.05, 3.63) is 24.0 Å². The number of benzene rings is 1. The van der Waals surface area contributed by atoms with Crippen LogP contribution in [0.2, 0.25) is 0 Å². The molecule has 1 aromatic heterocycles. The number of nitrogens with two attached hydrogens (primary N) is 1. The first kappa shape index (κ1) is 13.8. The molecule has 0 fully saturated rings. The quantitative estimate of drug-likeness (QED) is 0.718. The maximum atomic E-state index is 11.6. The zero-order valence-corrected chi connectivity index (χ0v) is 12.0. The highest BCUT2D eigenvalue weighted by molar-refractivity contribution is 7.99. The second-order valence-electron chi connectivity index (χ2n) is 3.71. The molecule has 0 atom stereocenters. The fourth-order valence-electron chi connectivity index (χ4n) is 1.37. The van der Waals surface area contributed by atoms with E-state index in [0.29, 0.717) is 21.6 Å². The van der Waals surface area contributed by atoms with Gasteiger partial charge in [0, 0.05) is 10.6 Å². The highest BCUT2D eigenvalue weighted by Crippen LogP contribution is 2.31. The number of hydrogen-bond donors (Lipinski definition) is 3. The molecule has 0 amide bonds. The third-order valence-corrected chi connectivity index (χ3v) is 4.71. The van der Waals surface area contributed by atoms with Gasteiger partial charge in [0.2, 0.25) is 15.2 Å². The molecule has 1 heterocycles. The van der Waals surface area contributed by atoms with Crippen LogP contribution in [0.1, 0.15) is 5.82 Å². The van der Waals surface area contributed by atoms with Crippen molar-refractivity contribution >= 4 is 27.5 Å². The SMILES string of the molecule is CNS(=O)(=O)c1ccc(Sc2n[nH]c(C)n2)c(N)c1. The summed E-state index contributed by atoms with van der Waals surface area (Å²) in [6.07, 6.45) is 0. The first-order valence-electron chi connectivity index (χ1n) is 5.32. The van der Waals surface area contributed by atoms with Gasteiger partial charge in [-0.15, -0.1) is 5.10 Å². The number of nitrogen functional groups attached to an aromatic ring is 1. The summed E-state index contributed by atoms with van der Waals surface area (Å²) in [5.41, 5.74) is 6.21. The molecule has 0 bridgehead atoms. The van der Waals surface area contributed by atoms with Gasteiger partial charge in [0.1, 0.15) is 5.82 Å². The summed E-state index contributed by atoms with van der Waals surface area (Å²) in [7, 11) is -2.13. The molecule has 0 aliphatic heterocycles. The molecule has 2 rings (SSSR count). The molecule has 0 spiro atoms. The van der Waals surface area contributed by atoms with E-state index >= 15 is 0 Å². The zero-order chi connectivity index (χ0) is 14.0. The van der Waals surface area contributed by atoms with Gasteiger partial charge in [-0.2, -0.15) is 0 Å². The highest BCUT2D eigenvalue weighted by atomic mass is 32.2. The second kappa shape index (κ2) is 5.19. The first-order chi connectivity index (χ1) is 8.92. The van der Waals surface area contributed by atoms with Crippen LogP contribution in [0, 0.1) is 6.92 Å². The van der Waals surface area contributed by atoms with Gasteiger partial charge < -0.3 is 5.73 Å². The number of hydrogen-bond acceptors (Lipinski definition) is 6. The Balaban J connectivity index is 2.30. The van der Waals surface area contributed by atoms with Gasteiger partial charge in [-0.25, -0.2) is 18.1 Å². The molecule has 7 nitrogen and oxygen atoms in total.